The normalized spacial score (nSPS) is 11.0. The van der Waals surface area contributed by atoms with Crippen LogP contribution in [0.15, 0.2) is 58.1 Å². The van der Waals surface area contributed by atoms with Crippen LogP contribution in [-0.4, -0.2) is 25.4 Å². The third kappa shape index (κ3) is 3.79. The molecule has 0 spiro atoms. The summed E-state index contributed by atoms with van der Waals surface area (Å²) >= 11 is 7.32. The molecule has 0 radical (unpaired) electrons. The number of thioether (sulfide) groups is 1. The Balaban J connectivity index is 1.43. The molecule has 0 atom stereocenters. The van der Waals surface area contributed by atoms with Gasteiger partial charge in [-0.1, -0.05) is 47.1 Å². The van der Waals surface area contributed by atoms with E-state index in [1.807, 2.05) is 37.3 Å². The van der Waals surface area contributed by atoms with Gasteiger partial charge < -0.3 is 4.42 Å². The Morgan fingerprint density at radius 1 is 1.08 bits per heavy atom. The van der Waals surface area contributed by atoms with E-state index in [0.29, 0.717) is 27.7 Å². The fraction of sp³-hybridized carbons (Fsp3) is 0.111. The Morgan fingerprint density at radius 2 is 1.92 bits per heavy atom. The van der Waals surface area contributed by atoms with Crippen molar-refractivity contribution in [1.29, 1.82) is 0 Å². The highest BCUT2D eigenvalue weighted by atomic mass is 35.5. The highest BCUT2D eigenvalue weighted by Gasteiger charge is 2.11. The maximum atomic E-state index is 5.89. The Hall–Kier alpha value is -2.64. The van der Waals surface area contributed by atoms with Gasteiger partial charge >= 0.3 is 0 Å². The first kappa shape index (κ1) is 16.8. The van der Waals surface area contributed by atoms with Gasteiger partial charge in [-0.15, -0.1) is 15.3 Å². The topological polar surface area (TPSA) is 80.5 Å². The number of rotatable bonds is 5. The second-order valence-corrected chi connectivity index (χ2v) is 7.01. The third-order valence-corrected chi connectivity index (χ3v) is 4.72. The molecule has 0 bridgehead atoms. The zero-order valence-electron chi connectivity index (χ0n) is 13.8. The molecule has 0 fully saturated rings. The van der Waals surface area contributed by atoms with E-state index < -0.39 is 0 Å². The van der Waals surface area contributed by atoms with Crippen LogP contribution >= 0.6 is 23.4 Å². The minimum absolute atomic E-state index is 0.465. The van der Waals surface area contributed by atoms with Crippen LogP contribution in [0.4, 0.5) is 0 Å². The average Bonchev–Trinajstić information content (AvgIpc) is 3.30. The Labute approximate surface area is 159 Å². The molecule has 0 aliphatic rings. The van der Waals surface area contributed by atoms with Crippen molar-refractivity contribution in [2.75, 3.05) is 0 Å². The van der Waals surface area contributed by atoms with Gasteiger partial charge in [-0.25, -0.2) is 4.98 Å². The van der Waals surface area contributed by atoms with Gasteiger partial charge in [-0.2, -0.15) is 0 Å². The number of aryl methyl sites for hydroxylation is 1. The minimum Gasteiger partial charge on any atom is -0.420 e. The van der Waals surface area contributed by atoms with Gasteiger partial charge in [0.15, 0.2) is 5.82 Å². The number of benzene rings is 2. The fourth-order valence-electron chi connectivity index (χ4n) is 2.38. The fourth-order valence-corrected chi connectivity index (χ4v) is 3.14. The summed E-state index contributed by atoms with van der Waals surface area (Å²) in [6.07, 6.45) is 0. The molecule has 2 aromatic heterocycles. The molecule has 4 aromatic rings. The Bertz CT molecular complexity index is 1030. The van der Waals surface area contributed by atoms with E-state index >= 15 is 0 Å². The van der Waals surface area contributed by atoms with E-state index in [-0.39, 0.29) is 0 Å². The molecule has 2 aromatic carbocycles. The zero-order chi connectivity index (χ0) is 17.9. The van der Waals surface area contributed by atoms with E-state index in [1.165, 1.54) is 17.3 Å². The van der Waals surface area contributed by atoms with Crippen molar-refractivity contribution in [3.8, 4) is 22.8 Å². The van der Waals surface area contributed by atoms with Crippen molar-refractivity contribution in [2.45, 2.75) is 17.8 Å². The van der Waals surface area contributed by atoms with Crippen molar-refractivity contribution in [3.05, 3.63) is 65.0 Å². The lowest BCUT2D eigenvalue weighted by Crippen LogP contribution is -1.83. The van der Waals surface area contributed by atoms with E-state index in [1.54, 1.807) is 12.1 Å². The first-order valence-electron chi connectivity index (χ1n) is 7.88. The number of hydrogen-bond donors (Lipinski definition) is 1. The molecule has 130 valence electrons. The number of aromatic amines is 1. The molecule has 0 aliphatic heterocycles. The maximum absolute atomic E-state index is 5.89. The van der Waals surface area contributed by atoms with Gasteiger partial charge in [-0.05, 0) is 37.3 Å². The van der Waals surface area contributed by atoms with Crippen LogP contribution in [0.5, 0.6) is 0 Å². The van der Waals surface area contributed by atoms with Gasteiger partial charge in [0, 0.05) is 16.1 Å². The lowest BCUT2D eigenvalue weighted by Gasteiger charge is -1.96. The van der Waals surface area contributed by atoms with Crippen LogP contribution < -0.4 is 0 Å². The molecule has 2 heterocycles. The first-order chi connectivity index (χ1) is 12.7. The first-order valence-corrected chi connectivity index (χ1v) is 9.24. The Kier molecular flexibility index (Phi) is 4.73. The van der Waals surface area contributed by atoms with Gasteiger partial charge in [0.05, 0.1) is 5.75 Å². The highest BCUT2D eigenvalue weighted by Crippen LogP contribution is 2.25. The predicted octanol–water partition coefficient (Wildman–Crippen LogP) is 4.78. The van der Waals surface area contributed by atoms with Gasteiger partial charge in [0.1, 0.15) is 0 Å². The number of halogens is 1. The van der Waals surface area contributed by atoms with E-state index in [2.05, 4.69) is 31.4 Å². The summed E-state index contributed by atoms with van der Waals surface area (Å²) < 4.78 is 5.69. The van der Waals surface area contributed by atoms with Gasteiger partial charge in [-0.3, -0.25) is 5.10 Å². The summed E-state index contributed by atoms with van der Waals surface area (Å²) in [6, 6.07) is 15.4. The third-order valence-electron chi connectivity index (χ3n) is 3.64. The second kappa shape index (κ2) is 7.31. The molecular formula is C18H14ClN5OS. The number of nitrogens with zero attached hydrogens (tertiary/aromatic N) is 4. The lowest BCUT2D eigenvalue weighted by molar-refractivity contribution is 0.528. The lowest BCUT2D eigenvalue weighted by atomic mass is 10.1. The van der Waals surface area contributed by atoms with Crippen LogP contribution in [0.1, 0.15) is 11.5 Å². The number of hydrogen-bond acceptors (Lipinski definition) is 6. The number of H-pyrrole nitrogens is 1. The average molecular weight is 384 g/mol. The largest absolute Gasteiger partial charge is 0.420 e. The quantitative estimate of drug-likeness (QED) is 0.500. The summed E-state index contributed by atoms with van der Waals surface area (Å²) in [6.45, 7) is 2.05. The zero-order valence-corrected chi connectivity index (χ0v) is 15.4. The molecule has 0 saturated carbocycles. The van der Waals surface area contributed by atoms with E-state index in [0.717, 1.165) is 17.0 Å². The highest BCUT2D eigenvalue weighted by molar-refractivity contribution is 7.98. The van der Waals surface area contributed by atoms with Crippen LogP contribution in [-0.2, 0) is 5.75 Å². The van der Waals surface area contributed by atoms with Crippen molar-refractivity contribution in [3.63, 3.8) is 0 Å². The van der Waals surface area contributed by atoms with Gasteiger partial charge in [0.2, 0.25) is 16.9 Å². The minimum atomic E-state index is 0.465. The molecule has 0 unspecified atom stereocenters. The predicted molar refractivity (Wildman–Crippen MR) is 101 cm³/mol. The van der Waals surface area contributed by atoms with Crippen molar-refractivity contribution < 1.29 is 4.42 Å². The molecule has 26 heavy (non-hydrogen) atoms. The maximum Gasteiger partial charge on any atom is 0.247 e. The molecule has 1 N–H and O–H groups in total. The van der Waals surface area contributed by atoms with Crippen molar-refractivity contribution >= 4 is 23.4 Å². The molecule has 6 nitrogen and oxygen atoms in total. The summed E-state index contributed by atoms with van der Waals surface area (Å²) in [5.74, 6) is 2.21. The second-order valence-electron chi connectivity index (χ2n) is 5.63. The summed E-state index contributed by atoms with van der Waals surface area (Å²) in [5.41, 5.74) is 3.01. The standard InChI is InChI=1S/C18H14ClN5OS/c1-11-3-2-4-13(9-11)16-20-18(24-22-16)26-10-15-21-23-17(25-15)12-5-7-14(19)8-6-12/h2-9H,10H2,1H3,(H,20,22,24). The smallest absolute Gasteiger partial charge is 0.247 e. The number of nitrogens with one attached hydrogen (secondary N) is 1. The van der Waals surface area contributed by atoms with Crippen molar-refractivity contribution in [2.24, 2.45) is 0 Å². The van der Waals surface area contributed by atoms with Crippen LogP contribution in [0.25, 0.3) is 22.8 Å². The summed E-state index contributed by atoms with van der Waals surface area (Å²) in [4.78, 5) is 4.50. The van der Waals surface area contributed by atoms with Crippen LogP contribution in [0.3, 0.4) is 0 Å². The molecule has 0 aliphatic carbocycles. The van der Waals surface area contributed by atoms with Crippen LogP contribution in [0.2, 0.25) is 5.02 Å². The molecule has 0 amide bonds. The monoisotopic (exact) mass is 383 g/mol. The van der Waals surface area contributed by atoms with Crippen LogP contribution in [0, 0.1) is 6.92 Å². The SMILES string of the molecule is Cc1cccc(-c2nc(SCc3nnc(-c4ccc(Cl)cc4)o3)n[nH]2)c1. The summed E-state index contributed by atoms with van der Waals surface area (Å²) in [7, 11) is 0. The number of aromatic nitrogens is 5. The molecular weight excluding hydrogens is 370 g/mol. The Morgan fingerprint density at radius 3 is 2.73 bits per heavy atom. The molecule has 8 heteroatoms. The van der Waals surface area contributed by atoms with Crippen molar-refractivity contribution in [1.82, 2.24) is 25.4 Å². The van der Waals surface area contributed by atoms with E-state index in [9.17, 15) is 0 Å². The molecule has 0 saturated heterocycles. The summed E-state index contributed by atoms with van der Waals surface area (Å²) in [5, 5.41) is 16.6. The van der Waals surface area contributed by atoms with Gasteiger partial charge in [0.25, 0.3) is 0 Å². The van der Waals surface area contributed by atoms with E-state index in [4.69, 9.17) is 16.0 Å². The molecule has 4 rings (SSSR count).